The van der Waals surface area contributed by atoms with Crippen LogP contribution in [0.25, 0.3) is 0 Å². The maximum absolute atomic E-state index is 13.5. The average molecular weight is 513 g/mol. The van der Waals surface area contributed by atoms with E-state index in [0.29, 0.717) is 24.8 Å². The first-order chi connectivity index (χ1) is 17.4. The number of allylic oxidation sites excluding steroid dienone is 3. The lowest BCUT2D eigenvalue weighted by Crippen LogP contribution is -2.43. The molecule has 1 aromatic rings. The van der Waals surface area contributed by atoms with Gasteiger partial charge in [0, 0.05) is 18.4 Å². The zero-order chi connectivity index (χ0) is 26.9. The Bertz CT molecular complexity index is 1050. The topological polar surface area (TPSA) is 113 Å². The number of rotatable bonds is 7. The summed E-state index contributed by atoms with van der Waals surface area (Å²) in [5.74, 6) is 0.0534. The van der Waals surface area contributed by atoms with Crippen LogP contribution in [0.1, 0.15) is 65.4 Å². The molecule has 1 saturated heterocycles. The smallest absolute Gasteiger partial charge is 0.312 e. The van der Waals surface area contributed by atoms with Crippen molar-refractivity contribution >= 4 is 11.9 Å². The number of fused-ring (bicyclic) bond motifs is 1. The van der Waals surface area contributed by atoms with Crippen LogP contribution in [-0.2, 0) is 25.5 Å². The third-order valence-corrected chi connectivity index (χ3v) is 8.07. The molecule has 3 N–H and O–H groups in total. The number of aromatic hydroxyl groups is 2. The second-order valence-corrected chi connectivity index (χ2v) is 11.9. The number of ether oxygens (including phenoxy) is 2. The van der Waals surface area contributed by atoms with Crippen LogP contribution < -0.4 is 0 Å². The first-order valence-electron chi connectivity index (χ1n) is 13.4. The summed E-state index contributed by atoms with van der Waals surface area (Å²) >= 11 is 0. The molecule has 1 heterocycles. The largest absolute Gasteiger partial charge is 0.508 e. The van der Waals surface area contributed by atoms with Gasteiger partial charge in [0.2, 0.25) is 0 Å². The van der Waals surface area contributed by atoms with Gasteiger partial charge in [0.1, 0.15) is 23.7 Å². The minimum atomic E-state index is -0.858. The van der Waals surface area contributed by atoms with Gasteiger partial charge in [-0.3, -0.25) is 9.59 Å². The van der Waals surface area contributed by atoms with Crippen molar-refractivity contribution < 1.29 is 34.4 Å². The standard InChI is InChI=1S/C30H40O7/c1-17-9-20-6-5-18(2)25(8-7-24-14-23(33)15-27(34)36-24)28(20)26(10-17)37-29(35)30(3,4)16-19-11-21(31)13-22(32)12-19/h5-6,9,11-13,17-18,23-26,28,31-33H,7-8,10,14-16H2,1-4H3/t17-,18-,23+,24+,25-,26-,28-/m0/s1. The van der Waals surface area contributed by atoms with E-state index in [9.17, 15) is 24.9 Å². The van der Waals surface area contributed by atoms with Gasteiger partial charge in [-0.1, -0.05) is 32.1 Å². The van der Waals surface area contributed by atoms with Crippen LogP contribution >= 0.6 is 0 Å². The van der Waals surface area contributed by atoms with E-state index >= 15 is 0 Å². The van der Waals surface area contributed by atoms with E-state index in [2.05, 4.69) is 32.1 Å². The molecule has 0 radical (unpaired) electrons. The summed E-state index contributed by atoms with van der Waals surface area (Å²) in [6.07, 6.45) is 8.46. The molecule has 0 bridgehead atoms. The predicted molar refractivity (Wildman–Crippen MR) is 139 cm³/mol. The molecule has 0 saturated carbocycles. The molecular formula is C30H40O7. The van der Waals surface area contributed by atoms with E-state index in [1.807, 2.05) is 13.8 Å². The van der Waals surface area contributed by atoms with Gasteiger partial charge < -0.3 is 24.8 Å². The van der Waals surface area contributed by atoms with E-state index in [1.165, 1.54) is 11.6 Å². The lowest BCUT2D eigenvalue weighted by Gasteiger charge is -2.44. The Morgan fingerprint density at radius 3 is 2.49 bits per heavy atom. The third kappa shape index (κ3) is 6.56. The molecule has 7 nitrogen and oxygen atoms in total. The van der Waals surface area contributed by atoms with E-state index in [0.717, 1.165) is 12.8 Å². The Kier molecular flexibility index (Phi) is 8.02. The van der Waals surface area contributed by atoms with Crippen LogP contribution in [0.5, 0.6) is 11.5 Å². The molecule has 202 valence electrons. The fourth-order valence-corrected chi connectivity index (χ4v) is 6.28. The van der Waals surface area contributed by atoms with Gasteiger partial charge in [-0.25, -0.2) is 0 Å². The predicted octanol–water partition coefficient (Wildman–Crippen LogP) is 4.83. The van der Waals surface area contributed by atoms with Crippen LogP contribution in [0.3, 0.4) is 0 Å². The molecule has 7 heteroatoms. The number of carbonyl (C=O) groups excluding carboxylic acids is 2. The summed E-state index contributed by atoms with van der Waals surface area (Å²) in [5, 5.41) is 29.7. The van der Waals surface area contributed by atoms with Crippen molar-refractivity contribution in [2.75, 3.05) is 0 Å². The summed E-state index contributed by atoms with van der Waals surface area (Å²) < 4.78 is 11.8. The summed E-state index contributed by atoms with van der Waals surface area (Å²) in [4.78, 5) is 25.3. The van der Waals surface area contributed by atoms with Crippen molar-refractivity contribution in [2.45, 2.75) is 84.5 Å². The van der Waals surface area contributed by atoms with Gasteiger partial charge in [0.15, 0.2) is 0 Å². The highest BCUT2D eigenvalue weighted by molar-refractivity contribution is 5.76. The second-order valence-electron chi connectivity index (χ2n) is 11.9. The van der Waals surface area contributed by atoms with Crippen molar-refractivity contribution in [3.63, 3.8) is 0 Å². The Balaban J connectivity index is 1.49. The van der Waals surface area contributed by atoms with E-state index in [1.54, 1.807) is 12.1 Å². The van der Waals surface area contributed by atoms with Crippen molar-refractivity contribution in [2.24, 2.45) is 29.1 Å². The minimum absolute atomic E-state index is 0.0444. The van der Waals surface area contributed by atoms with Gasteiger partial charge in [0.25, 0.3) is 0 Å². The first kappa shape index (κ1) is 27.2. The monoisotopic (exact) mass is 512 g/mol. The molecule has 1 aromatic carbocycles. The van der Waals surface area contributed by atoms with Crippen LogP contribution in [0.2, 0.25) is 0 Å². The zero-order valence-electron chi connectivity index (χ0n) is 22.2. The number of hydrogen-bond acceptors (Lipinski definition) is 7. The molecule has 0 spiro atoms. The fraction of sp³-hybridized carbons (Fsp3) is 0.600. The normalized spacial score (nSPS) is 31.8. The minimum Gasteiger partial charge on any atom is -0.508 e. The molecule has 7 atom stereocenters. The Morgan fingerprint density at radius 2 is 1.81 bits per heavy atom. The van der Waals surface area contributed by atoms with Gasteiger partial charge in [-0.15, -0.1) is 0 Å². The molecule has 1 fully saturated rings. The third-order valence-electron chi connectivity index (χ3n) is 8.07. The number of esters is 2. The van der Waals surface area contributed by atoms with Crippen molar-refractivity contribution in [3.8, 4) is 11.5 Å². The Labute approximate surface area is 219 Å². The van der Waals surface area contributed by atoms with E-state index < -0.39 is 11.5 Å². The van der Waals surface area contributed by atoms with E-state index in [4.69, 9.17) is 9.47 Å². The fourth-order valence-electron chi connectivity index (χ4n) is 6.28. The Hall–Kier alpha value is -2.80. The second kappa shape index (κ2) is 10.9. The van der Waals surface area contributed by atoms with E-state index in [-0.39, 0.29) is 65.7 Å². The number of benzene rings is 1. The SMILES string of the molecule is C[C@H]1C=C2C=C[C@H](C)[C@H](CC[C@@H]3C[C@@H](O)CC(=O)O3)[C@H]2[C@@H](OC(=O)C(C)(C)Cc2cc(O)cc(O)c2)C1. The number of aliphatic hydroxyl groups excluding tert-OH is 1. The molecule has 3 aliphatic rings. The lowest BCUT2D eigenvalue weighted by molar-refractivity contribution is -0.165. The summed E-state index contributed by atoms with van der Waals surface area (Å²) in [5.41, 5.74) is 0.993. The number of carbonyl (C=O) groups is 2. The zero-order valence-corrected chi connectivity index (χ0v) is 22.2. The number of phenols is 2. The van der Waals surface area contributed by atoms with Crippen molar-refractivity contribution in [1.29, 1.82) is 0 Å². The molecule has 0 aromatic heterocycles. The van der Waals surface area contributed by atoms with Gasteiger partial charge >= 0.3 is 11.9 Å². The molecule has 2 aliphatic carbocycles. The summed E-state index contributed by atoms with van der Waals surface area (Å²) in [6.45, 7) is 7.95. The summed E-state index contributed by atoms with van der Waals surface area (Å²) in [6, 6.07) is 4.37. The van der Waals surface area contributed by atoms with Gasteiger partial charge in [-0.2, -0.15) is 0 Å². The van der Waals surface area contributed by atoms with Crippen LogP contribution in [-0.4, -0.2) is 45.6 Å². The number of aliphatic hydroxyl groups is 1. The quantitative estimate of drug-likeness (QED) is 0.449. The Morgan fingerprint density at radius 1 is 1.11 bits per heavy atom. The maximum Gasteiger partial charge on any atom is 0.312 e. The maximum atomic E-state index is 13.5. The molecule has 37 heavy (non-hydrogen) atoms. The average Bonchev–Trinajstić information content (AvgIpc) is 2.76. The number of cyclic esters (lactones) is 1. The number of hydrogen-bond donors (Lipinski definition) is 3. The highest BCUT2D eigenvalue weighted by atomic mass is 16.6. The molecule has 0 unspecified atom stereocenters. The summed E-state index contributed by atoms with van der Waals surface area (Å²) in [7, 11) is 0. The van der Waals surface area contributed by atoms with Crippen LogP contribution in [0, 0.1) is 29.1 Å². The molecule has 1 aliphatic heterocycles. The molecule has 4 rings (SSSR count). The highest BCUT2D eigenvalue weighted by Gasteiger charge is 2.43. The van der Waals surface area contributed by atoms with Gasteiger partial charge in [0.05, 0.1) is 17.9 Å². The molecule has 0 amide bonds. The van der Waals surface area contributed by atoms with Crippen molar-refractivity contribution in [3.05, 3.63) is 47.6 Å². The van der Waals surface area contributed by atoms with Crippen LogP contribution in [0.15, 0.2) is 42.0 Å². The first-order valence-corrected chi connectivity index (χ1v) is 13.4. The number of phenolic OH excluding ortho intramolecular Hbond substituents is 2. The lowest BCUT2D eigenvalue weighted by atomic mass is 9.65. The van der Waals surface area contributed by atoms with Crippen LogP contribution in [0.4, 0.5) is 0 Å². The van der Waals surface area contributed by atoms with Crippen molar-refractivity contribution in [1.82, 2.24) is 0 Å². The highest BCUT2D eigenvalue weighted by Crippen LogP contribution is 2.45. The van der Waals surface area contributed by atoms with Gasteiger partial charge in [-0.05, 0) is 80.6 Å². The molecular weight excluding hydrogens is 472 g/mol.